The Morgan fingerprint density at radius 1 is 1.48 bits per heavy atom. The number of nitrogens with zero attached hydrogens (tertiary/aromatic N) is 4. The quantitative estimate of drug-likeness (QED) is 0.860. The van der Waals surface area contributed by atoms with Crippen LogP contribution in [0.1, 0.15) is 40.2 Å². The number of rotatable bonds is 3. The van der Waals surface area contributed by atoms with E-state index in [-0.39, 0.29) is 23.0 Å². The number of thioether (sulfide) groups is 1. The molecule has 7 nitrogen and oxygen atoms in total. The zero-order valence-corrected chi connectivity index (χ0v) is 14.6. The highest BCUT2D eigenvalue weighted by Gasteiger charge is 2.30. The maximum atomic E-state index is 12.8. The van der Waals surface area contributed by atoms with E-state index < -0.39 is 0 Å². The van der Waals surface area contributed by atoms with Gasteiger partial charge in [0.1, 0.15) is 5.39 Å². The molecular formula is C15H21N5O2S. The van der Waals surface area contributed by atoms with Gasteiger partial charge in [-0.15, -0.1) is 0 Å². The molecule has 0 aromatic carbocycles. The summed E-state index contributed by atoms with van der Waals surface area (Å²) in [5, 5.41) is 8.29. The molecule has 23 heavy (non-hydrogen) atoms. The highest BCUT2D eigenvalue weighted by molar-refractivity contribution is 7.99. The summed E-state index contributed by atoms with van der Waals surface area (Å²) in [7, 11) is 0. The van der Waals surface area contributed by atoms with Crippen LogP contribution in [0.4, 0.5) is 0 Å². The van der Waals surface area contributed by atoms with Gasteiger partial charge in [0.05, 0.1) is 17.8 Å². The molecule has 124 valence electrons. The number of hydrogen-bond donors (Lipinski definition) is 1. The molecule has 0 fully saturated rings. The maximum absolute atomic E-state index is 12.8. The van der Waals surface area contributed by atoms with Gasteiger partial charge in [-0.25, -0.2) is 9.67 Å². The third-order valence-corrected chi connectivity index (χ3v) is 4.90. The lowest BCUT2D eigenvalue weighted by Gasteiger charge is -2.20. The van der Waals surface area contributed by atoms with Gasteiger partial charge >= 0.3 is 0 Å². The summed E-state index contributed by atoms with van der Waals surface area (Å²) in [4.78, 5) is 29.3. The number of nitrogens with one attached hydrogen (secondary N) is 1. The average Bonchev–Trinajstić information content (AvgIpc) is 3.03. The molecule has 2 aromatic rings. The Balaban J connectivity index is 2.06. The first kappa shape index (κ1) is 16.0. The van der Waals surface area contributed by atoms with Crippen LogP contribution in [0.2, 0.25) is 0 Å². The zero-order valence-electron chi connectivity index (χ0n) is 13.8. The minimum Gasteiger partial charge on any atom is -0.356 e. The molecule has 0 spiro atoms. The lowest BCUT2D eigenvalue weighted by molar-refractivity contribution is -0.121. The van der Waals surface area contributed by atoms with Gasteiger partial charge in [-0.2, -0.15) is 5.10 Å². The molecule has 0 radical (unpaired) electrons. The van der Waals surface area contributed by atoms with Crippen molar-refractivity contribution in [1.82, 2.24) is 24.6 Å². The minimum atomic E-state index is -0.246. The normalized spacial score (nSPS) is 17.5. The van der Waals surface area contributed by atoms with Crippen molar-refractivity contribution in [2.75, 3.05) is 12.3 Å². The smallest absolute Gasteiger partial charge is 0.265 e. The monoisotopic (exact) mass is 335 g/mol. The standard InChI is InChI=1S/C15H21N5O2S/c1-5-16-11(21)6-9-8-23-14-18-12-10(13(22)19(9)14)7-17-20(12)15(2,3)4/h7,9H,5-6,8H2,1-4H3,(H,16,21). The molecule has 0 aliphatic carbocycles. The van der Waals surface area contributed by atoms with Crippen LogP contribution in [0.15, 0.2) is 16.1 Å². The molecule has 0 saturated carbocycles. The van der Waals surface area contributed by atoms with Gasteiger partial charge < -0.3 is 5.32 Å². The Morgan fingerprint density at radius 3 is 2.87 bits per heavy atom. The molecule has 1 unspecified atom stereocenters. The predicted octanol–water partition coefficient (Wildman–Crippen LogP) is 1.52. The summed E-state index contributed by atoms with van der Waals surface area (Å²) < 4.78 is 3.43. The fourth-order valence-corrected chi connectivity index (χ4v) is 3.89. The van der Waals surface area contributed by atoms with Gasteiger partial charge in [-0.3, -0.25) is 14.2 Å². The van der Waals surface area contributed by atoms with Crippen molar-refractivity contribution in [3.05, 3.63) is 16.6 Å². The van der Waals surface area contributed by atoms with E-state index in [1.807, 2.05) is 27.7 Å². The third kappa shape index (κ3) is 2.75. The van der Waals surface area contributed by atoms with Crippen LogP contribution in [0.3, 0.4) is 0 Å². The molecular weight excluding hydrogens is 314 g/mol. The Hall–Kier alpha value is -1.83. The highest BCUT2D eigenvalue weighted by Crippen LogP contribution is 2.33. The van der Waals surface area contributed by atoms with Crippen molar-refractivity contribution in [2.24, 2.45) is 0 Å². The van der Waals surface area contributed by atoms with Gasteiger partial charge in [0.15, 0.2) is 10.8 Å². The van der Waals surface area contributed by atoms with E-state index in [4.69, 9.17) is 0 Å². The molecule has 3 heterocycles. The molecule has 1 aliphatic rings. The average molecular weight is 335 g/mol. The molecule has 8 heteroatoms. The second-order valence-electron chi connectivity index (χ2n) is 6.66. The topological polar surface area (TPSA) is 81.8 Å². The second-order valence-corrected chi connectivity index (χ2v) is 7.64. The van der Waals surface area contributed by atoms with E-state index in [1.165, 1.54) is 11.8 Å². The predicted molar refractivity (Wildman–Crippen MR) is 89.8 cm³/mol. The van der Waals surface area contributed by atoms with Crippen molar-refractivity contribution in [3.63, 3.8) is 0 Å². The van der Waals surface area contributed by atoms with Gasteiger partial charge in [0, 0.05) is 18.7 Å². The number of hydrogen-bond acceptors (Lipinski definition) is 5. The van der Waals surface area contributed by atoms with Crippen LogP contribution in [0, 0.1) is 0 Å². The lowest BCUT2D eigenvalue weighted by atomic mass is 10.1. The van der Waals surface area contributed by atoms with Gasteiger partial charge in [-0.05, 0) is 27.7 Å². The fourth-order valence-electron chi connectivity index (χ4n) is 2.76. The van der Waals surface area contributed by atoms with Crippen molar-refractivity contribution < 1.29 is 4.79 Å². The Labute approximate surface area is 138 Å². The van der Waals surface area contributed by atoms with Crippen LogP contribution < -0.4 is 10.9 Å². The Bertz CT molecular complexity index is 818. The van der Waals surface area contributed by atoms with E-state index in [9.17, 15) is 9.59 Å². The first-order valence-corrected chi connectivity index (χ1v) is 8.71. The maximum Gasteiger partial charge on any atom is 0.265 e. The summed E-state index contributed by atoms with van der Waals surface area (Å²) in [6, 6.07) is -0.149. The molecule has 0 saturated heterocycles. The summed E-state index contributed by atoms with van der Waals surface area (Å²) >= 11 is 1.52. The highest BCUT2D eigenvalue weighted by atomic mass is 32.2. The SMILES string of the molecule is CCNC(=O)CC1CSc2nc3c(cnn3C(C)(C)C)c(=O)n21. The van der Waals surface area contributed by atoms with Crippen LogP contribution in [-0.4, -0.2) is 37.5 Å². The fraction of sp³-hybridized carbons (Fsp3) is 0.600. The Morgan fingerprint density at radius 2 is 2.22 bits per heavy atom. The Kier molecular flexibility index (Phi) is 3.95. The number of aromatic nitrogens is 4. The number of carbonyl (C=O) groups excluding carboxylic acids is 1. The van der Waals surface area contributed by atoms with Crippen molar-refractivity contribution in [3.8, 4) is 0 Å². The molecule has 0 bridgehead atoms. The minimum absolute atomic E-state index is 0.0386. The van der Waals surface area contributed by atoms with Gasteiger partial charge in [-0.1, -0.05) is 11.8 Å². The van der Waals surface area contributed by atoms with Gasteiger partial charge in [0.25, 0.3) is 5.56 Å². The van der Waals surface area contributed by atoms with Crippen LogP contribution in [0.5, 0.6) is 0 Å². The summed E-state index contributed by atoms with van der Waals surface area (Å²) in [6.07, 6.45) is 1.88. The summed E-state index contributed by atoms with van der Waals surface area (Å²) in [5.41, 5.74) is 0.253. The molecule has 2 aromatic heterocycles. The second kappa shape index (κ2) is 5.67. The molecule has 1 N–H and O–H groups in total. The van der Waals surface area contributed by atoms with Crippen molar-refractivity contribution in [1.29, 1.82) is 0 Å². The number of amides is 1. The summed E-state index contributed by atoms with van der Waals surface area (Å²) in [6.45, 7) is 8.55. The van der Waals surface area contributed by atoms with E-state index in [2.05, 4.69) is 15.4 Å². The van der Waals surface area contributed by atoms with E-state index in [0.717, 1.165) is 0 Å². The third-order valence-electron chi connectivity index (χ3n) is 3.80. The van der Waals surface area contributed by atoms with Crippen LogP contribution in [0.25, 0.3) is 11.0 Å². The number of fused-ring (bicyclic) bond motifs is 2. The van der Waals surface area contributed by atoms with E-state index in [1.54, 1.807) is 15.4 Å². The molecule has 1 atom stereocenters. The largest absolute Gasteiger partial charge is 0.356 e. The molecule has 1 amide bonds. The van der Waals surface area contributed by atoms with Crippen molar-refractivity contribution >= 4 is 28.7 Å². The molecule has 1 aliphatic heterocycles. The van der Waals surface area contributed by atoms with Crippen molar-refractivity contribution in [2.45, 2.75) is 50.9 Å². The lowest BCUT2D eigenvalue weighted by Crippen LogP contribution is -2.31. The first-order valence-electron chi connectivity index (χ1n) is 7.73. The van der Waals surface area contributed by atoms with Crippen LogP contribution in [-0.2, 0) is 10.3 Å². The summed E-state index contributed by atoms with van der Waals surface area (Å²) in [5.74, 6) is 0.651. The number of carbonyl (C=O) groups is 1. The zero-order chi connectivity index (χ0) is 16.8. The van der Waals surface area contributed by atoms with Crippen LogP contribution >= 0.6 is 11.8 Å². The van der Waals surface area contributed by atoms with E-state index in [0.29, 0.717) is 34.9 Å². The van der Waals surface area contributed by atoms with Gasteiger partial charge in [0.2, 0.25) is 5.91 Å². The van der Waals surface area contributed by atoms with E-state index >= 15 is 0 Å². The molecule has 3 rings (SSSR count). The first-order chi connectivity index (χ1) is 10.8.